The van der Waals surface area contributed by atoms with Crippen molar-refractivity contribution in [3.8, 4) is 5.75 Å². The van der Waals surface area contributed by atoms with Gasteiger partial charge in [0.05, 0.1) is 0 Å². The highest BCUT2D eigenvalue weighted by Crippen LogP contribution is 2.06. The second-order valence-electron chi connectivity index (χ2n) is 1.66. The van der Waals surface area contributed by atoms with Crippen molar-refractivity contribution in [1.29, 1.82) is 0 Å². The van der Waals surface area contributed by atoms with Gasteiger partial charge in [-0.3, -0.25) is 0 Å². The lowest BCUT2D eigenvalue weighted by molar-refractivity contribution is 0.557. The summed E-state index contributed by atoms with van der Waals surface area (Å²) in [7, 11) is 0. The summed E-state index contributed by atoms with van der Waals surface area (Å²) in [5, 5.41) is 0.0335. The minimum Gasteiger partial charge on any atom is -0.432 e. The predicted molar refractivity (Wildman–Crippen MR) is 42.7 cm³/mol. The maximum absolute atomic E-state index is 5.12. The second kappa shape index (κ2) is 3.17. The summed E-state index contributed by atoms with van der Waals surface area (Å²) in [4.78, 5) is 0. The van der Waals surface area contributed by atoms with Crippen LogP contribution in [0.2, 0.25) is 0 Å². The molecule has 2 N–H and O–H groups in total. The number of hydrogen-bond donors (Lipinski definition) is 1. The van der Waals surface area contributed by atoms with Gasteiger partial charge in [0, 0.05) is 0 Å². The first-order chi connectivity index (χ1) is 4.79. The molecular weight excluding hydrogens is 146 g/mol. The highest BCUT2D eigenvalue weighted by atomic mass is 32.1. The number of rotatable bonds is 1. The van der Waals surface area contributed by atoms with E-state index in [0.717, 1.165) is 0 Å². The number of benzene rings is 1. The molecule has 0 saturated carbocycles. The highest BCUT2D eigenvalue weighted by Gasteiger charge is 1.90. The summed E-state index contributed by atoms with van der Waals surface area (Å²) < 4.78 is 4.90. The first-order valence-electron chi connectivity index (χ1n) is 2.72. The smallest absolute Gasteiger partial charge is 0.259 e. The van der Waals surface area contributed by atoms with Crippen LogP contribution < -0.4 is 10.5 Å². The molecule has 10 heavy (non-hydrogen) atoms. The Morgan fingerprint density at radius 1 is 1.50 bits per heavy atom. The first kappa shape index (κ1) is 7.02. The van der Waals surface area contributed by atoms with Crippen molar-refractivity contribution in [1.82, 2.24) is 0 Å². The number of hydrogen-bond acceptors (Lipinski definition) is 2. The van der Waals surface area contributed by atoms with Crippen LogP contribution in [0.5, 0.6) is 5.75 Å². The molecule has 3 heteroatoms. The maximum atomic E-state index is 5.12. The molecule has 0 saturated heterocycles. The van der Waals surface area contributed by atoms with Gasteiger partial charge >= 0.3 is 0 Å². The van der Waals surface area contributed by atoms with Gasteiger partial charge in [0.1, 0.15) is 5.75 Å². The maximum Gasteiger partial charge on any atom is 0.259 e. The molecule has 0 spiro atoms. The van der Waals surface area contributed by atoms with E-state index in [4.69, 9.17) is 10.5 Å². The summed E-state index contributed by atoms with van der Waals surface area (Å²) in [5.41, 5.74) is 5.12. The summed E-state index contributed by atoms with van der Waals surface area (Å²) in [6, 6.07) is 9.77. The van der Waals surface area contributed by atoms with E-state index in [2.05, 4.69) is 18.3 Å². The Morgan fingerprint density at radius 2 is 2.10 bits per heavy atom. The van der Waals surface area contributed by atoms with Gasteiger partial charge in [-0.15, -0.1) is 0 Å². The third-order valence-corrected chi connectivity index (χ3v) is 0.989. The van der Waals surface area contributed by atoms with Crippen LogP contribution in [0.1, 0.15) is 0 Å². The van der Waals surface area contributed by atoms with Gasteiger partial charge in [-0.1, -0.05) is 12.1 Å². The Labute approximate surface area is 64.6 Å². The average Bonchev–Trinajstić information content (AvgIpc) is 1.88. The molecule has 0 aliphatic heterocycles. The molecule has 0 atom stereocenters. The zero-order chi connectivity index (χ0) is 7.40. The van der Waals surface area contributed by atoms with Gasteiger partial charge in [0.2, 0.25) is 0 Å². The van der Waals surface area contributed by atoms with Crippen molar-refractivity contribution >= 4 is 17.4 Å². The fourth-order valence-electron chi connectivity index (χ4n) is 0.556. The third kappa shape index (κ3) is 2.03. The molecule has 51 valence electrons. The molecule has 0 aromatic heterocycles. The van der Waals surface area contributed by atoms with Gasteiger partial charge in [0.25, 0.3) is 5.17 Å². The van der Waals surface area contributed by atoms with Crippen molar-refractivity contribution in [2.24, 2.45) is 5.73 Å². The van der Waals surface area contributed by atoms with E-state index in [1.54, 1.807) is 24.3 Å². The van der Waals surface area contributed by atoms with Crippen LogP contribution in [0, 0.1) is 6.07 Å². The number of thiocarbonyl (C=S) groups is 1. The van der Waals surface area contributed by atoms with Gasteiger partial charge in [-0.05, 0) is 30.4 Å². The van der Waals surface area contributed by atoms with E-state index in [1.165, 1.54) is 0 Å². The van der Waals surface area contributed by atoms with E-state index in [9.17, 15) is 0 Å². The number of ether oxygens (including phenoxy) is 1. The van der Waals surface area contributed by atoms with Crippen molar-refractivity contribution in [2.75, 3.05) is 0 Å². The number of nitrogens with two attached hydrogens (primary N) is 1. The van der Waals surface area contributed by atoms with Crippen LogP contribution in [0.4, 0.5) is 0 Å². The van der Waals surface area contributed by atoms with Crippen LogP contribution in [0.3, 0.4) is 0 Å². The zero-order valence-corrected chi connectivity index (χ0v) is 6.02. The lowest BCUT2D eigenvalue weighted by atomic mass is 10.3. The Hall–Kier alpha value is -1.09. The van der Waals surface area contributed by atoms with E-state index < -0.39 is 0 Å². The van der Waals surface area contributed by atoms with Gasteiger partial charge in [-0.2, -0.15) is 0 Å². The van der Waals surface area contributed by atoms with Crippen LogP contribution in [-0.4, -0.2) is 5.17 Å². The fourth-order valence-corrected chi connectivity index (χ4v) is 0.652. The van der Waals surface area contributed by atoms with E-state index in [1.807, 2.05) is 0 Å². The Bertz CT molecular complexity index is 222. The molecule has 0 aliphatic carbocycles. The van der Waals surface area contributed by atoms with E-state index in [0.29, 0.717) is 5.75 Å². The second-order valence-corrected chi connectivity index (χ2v) is 2.06. The summed E-state index contributed by atoms with van der Waals surface area (Å²) in [6.45, 7) is 0. The van der Waals surface area contributed by atoms with Crippen molar-refractivity contribution in [3.05, 3.63) is 30.3 Å². The molecule has 1 radical (unpaired) electrons. The topological polar surface area (TPSA) is 35.2 Å². The third-order valence-electron chi connectivity index (χ3n) is 0.906. The molecule has 1 aromatic rings. The fraction of sp³-hybridized carbons (Fsp3) is 0. The summed E-state index contributed by atoms with van der Waals surface area (Å²) in [6.07, 6.45) is 0. The Balaban J connectivity index is 2.67. The zero-order valence-electron chi connectivity index (χ0n) is 5.20. The first-order valence-corrected chi connectivity index (χ1v) is 3.13. The molecule has 2 nitrogen and oxygen atoms in total. The Kier molecular flexibility index (Phi) is 2.23. The average molecular weight is 152 g/mol. The van der Waals surface area contributed by atoms with Gasteiger partial charge < -0.3 is 10.5 Å². The quantitative estimate of drug-likeness (QED) is 0.612. The predicted octanol–water partition coefficient (Wildman–Crippen LogP) is 1.11. The molecule has 0 bridgehead atoms. The lowest BCUT2D eigenvalue weighted by Crippen LogP contribution is -2.15. The van der Waals surface area contributed by atoms with Crippen molar-refractivity contribution in [2.45, 2.75) is 0 Å². The summed E-state index contributed by atoms with van der Waals surface area (Å²) >= 11 is 4.52. The summed E-state index contributed by atoms with van der Waals surface area (Å²) in [5.74, 6) is 0.645. The van der Waals surface area contributed by atoms with Crippen LogP contribution in [0.15, 0.2) is 24.3 Å². The molecule has 1 rings (SSSR count). The monoisotopic (exact) mass is 152 g/mol. The molecule has 0 unspecified atom stereocenters. The normalized spacial score (nSPS) is 8.80. The molecule has 1 aromatic carbocycles. The van der Waals surface area contributed by atoms with Crippen molar-refractivity contribution < 1.29 is 4.74 Å². The SMILES string of the molecule is NC(=S)Oc1cc[c]cc1. The van der Waals surface area contributed by atoms with Crippen LogP contribution >= 0.6 is 12.2 Å². The lowest BCUT2D eigenvalue weighted by Gasteiger charge is -1.99. The Morgan fingerprint density at radius 3 is 2.60 bits per heavy atom. The molecule has 0 aliphatic rings. The van der Waals surface area contributed by atoms with Gasteiger partial charge in [0.15, 0.2) is 0 Å². The van der Waals surface area contributed by atoms with Crippen LogP contribution in [0.25, 0.3) is 0 Å². The van der Waals surface area contributed by atoms with E-state index >= 15 is 0 Å². The standard InChI is InChI=1S/C7H6NOS/c8-7(10)9-6-4-2-1-3-5-6/h2-5H,(H2,8,10). The van der Waals surface area contributed by atoms with Crippen LogP contribution in [-0.2, 0) is 0 Å². The minimum absolute atomic E-state index is 0.0335. The molecule has 0 amide bonds. The molecule has 0 heterocycles. The van der Waals surface area contributed by atoms with Gasteiger partial charge in [-0.25, -0.2) is 0 Å². The minimum atomic E-state index is 0.0335. The largest absolute Gasteiger partial charge is 0.432 e. The molecule has 0 fully saturated rings. The molecular formula is C7H6NOS. The highest BCUT2D eigenvalue weighted by molar-refractivity contribution is 7.80. The van der Waals surface area contributed by atoms with E-state index in [-0.39, 0.29) is 5.17 Å². The van der Waals surface area contributed by atoms with Crippen molar-refractivity contribution in [3.63, 3.8) is 0 Å².